The van der Waals surface area contributed by atoms with Crippen LogP contribution in [-0.4, -0.2) is 18.6 Å². The molecule has 1 amide bonds. The van der Waals surface area contributed by atoms with E-state index < -0.39 is 40.9 Å². The largest absolute Gasteiger partial charge is 0.488 e. The Kier molecular flexibility index (Phi) is 6.82. The topological polar surface area (TPSA) is 64.3 Å². The van der Waals surface area contributed by atoms with E-state index in [1.54, 1.807) is 0 Å². The van der Waals surface area contributed by atoms with Crippen molar-refractivity contribution in [3.05, 3.63) is 59.2 Å². The molecule has 0 aliphatic heterocycles. The number of carbonyl (C=O) groups is 1. The summed E-state index contributed by atoms with van der Waals surface area (Å²) in [7, 11) is 0. The molecule has 2 aromatic carbocycles. The van der Waals surface area contributed by atoms with E-state index in [9.17, 15) is 26.7 Å². The van der Waals surface area contributed by atoms with Gasteiger partial charge in [-0.05, 0) is 36.8 Å². The van der Waals surface area contributed by atoms with Gasteiger partial charge < -0.3 is 15.8 Å². The first-order valence-electron chi connectivity index (χ1n) is 8.47. The van der Waals surface area contributed by atoms with Gasteiger partial charge in [-0.3, -0.25) is 4.79 Å². The predicted octanol–water partition coefficient (Wildman–Crippen LogP) is 4.74. The van der Waals surface area contributed by atoms with E-state index in [1.807, 2.05) is 6.92 Å². The van der Waals surface area contributed by atoms with Gasteiger partial charge in [-0.1, -0.05) is 19.4 Å². The van der Waals surface area contributed by atoms with Crippen LogP contribution in [0.3, 0.4) is 0 Å². The van der Waals surface area contributed by atoms with Crippen molar-refractivity contribution in [1.29, 1.82) is 0 Å². The van der Waals surface area contributed by atoms with E-state index in [1.165, 1.54) is 12.1 Å². The molecule has 0 aliphatic rings. The second-order valence-electron chi connectivity index (χ2n) is 6.12. The molecule has 2 aromatic rings. The Balaban J connectivity index is 2.14. The molecule has 1 atom stereocenters. The minimum atomic E-state index is -4.48. The highest BCUT2D eigenvalue weighted by Gasteiger charge is 2.30. The molecule has 0 fully saturated rings. The Morgan fingerprint density at radius 2 is 1.93 bits per heavy atom. The van der Waals surface area contributed by atoms with Crippen LogP contribution in [0.15, 0.2) is 36.4 Å². The molecule has 0 spiro atoms. The summed E-state index contributed by atoms with van der Waals surface area (Å²) in [6.45, 7) is 1.75. The molecule has 0 aliphatic carbocycles. The second-order valence-corrected chi connectivity index (χ2v) is 6.12. The number of alkyl halides is 3. The number of carbonyl (C=O) groups excluding carboxylic acids is 1. The number of nitrogens with one attached hydrogen (secondary N) is 1. The van der Waals surface area contributed by atoms with Gasteiger partial charge in [0.2, 0.25) is 0 Å². The van der Waals surface area contributed by atoms with Crippen molar-refractivity contribution in [2.75, 3.05) is 11.9 Å². The predicted molar refractivity (Wildman–Crippen MR) is 94.1 cm³/mol. The van der Waals surface area contributed by atoms with Gasteiger partial charge in [0, 0.05) is 5.69 Å². The first-order chi connectivity index (χ1) is 13.1. The summed E-state index contributed by atoms with van der Waals surface area (Å²) in [5.41, 5.74) is 3.48. The molecule has 0 aromatic heterocycles. The van der Waals surface area contributed by atoms with E-state index >= 15 is 0 Å². The van der Waals surface area contributed by atoms with Crippen LogP contribution in [0, 0.1) is 11.6 Å². The van der Waals surface area contributed by atoms with Gasteiger partial charge in [-0.15, -0.1) is 0 Å². The molecule has 0 bridgehead atoms. The van der Waals surface area contributed by atoms with Gasteiger partial charge in [0.15, 0.2) is 11.6 Å². The van der Waals surface area contributed by atoms with Crippen molar-refractivity contribution >= 4 is 11.6 Å². The monoisotopic (exact) mass is 402 g/mol. The Labute approximate surface area is 158 Å². The summed E-state index contributed by atoms with van der Waals surface area (Å²) in [4.78, 5) is 11.2. The Hall–Kier alpha value is -2.84. The first-order valence-corrected chi connectivity index (χ1v) is 8.47. The van der Waals surface area contributed by atoms with E-state index in [2.05, 4.69) is 5.32 Å². The van der Waals surface area contributed by atoms with E-state index in [0.29, 0.717) is 12.8 Å². The summed E-state index contributed by atoms with van der Waals surface area (Å²) in [6.07, 6.45) is -3.28. The summed E-state index contributed by atoms with van der Waals surface area (Å²) >= 11 is 0. The van der Waals surface area contributed by atoms with E-state index in [0.717, 1.165) is 24.3 Å². The summed E-state index contributed by atoms with van der Waals surface area (Å²) in [5, 5.41) is 2.92. The van der Waals surface area contributed by atoms with Crippen molar-refractivity contribution in [2.45, 2.75) is 32.0 Å². The summed E-state index contributed by atoms with van der Waals surface area (Å²) in [6, 6.07) is 6.09. The van der Waals surface area contributed by atoms with E-state index in [4.69, 9.17) is 10.5 Å². The summed E-state index contributed by atoms with van der Waals surface area (Å²) < 4.78 is 71.6. The maximum atomic E-state index is 14.2. The number of primary amides is 1. The van der Waals surface area contributed by atoms with Crippen LogP contribution in [0.5, 0.6) is 5.75 Å². The zero-order valence-corrected chi connectivity index (χ0v) is 14.9. The van der Waals surface area contributed by atoms with Crippen LogP contribution in [-0.2, 0) is 6.18 Å². The Bertz CT molecular complexity index is 840. The smallest absolute Gasteiger partial charge is 0.416 e. The lowest BCUT2D eigenvalue weighted by atomic mass is 10.1. The second kappa shape index (κ2) is 8.90. The van der Waals surface area contributed by atoms with Crippen LogP contribution in [0.4, 0.5) is 27.6 Å². The van der Waals surface area contributed by atoms with Gasteiger partial charge in [0.25, 0.3) is 5.91 Å². The fourth-order valence-electron chi connectivity index (χ4n) is 2.63. The number of anilines is 1. The zero-order valence-electron chi connectivity index (χ0n) is 14.9. The van der Waals surface area contributed by atoms with Crippen LogP contribution in [0.25, 0.3) is 0 Å². The number of hydrogen-bond donors (Lipinski definition) is 2. The maximum absolute atomic E-state index is 14.2. The molecule has 28 heavy (non-hydrogen) atoms. The lowest BCUT2D eigenvalue weighted by Gasteiger charge is -2.21. The highest BCUT2D eigenvalue weighted by atomic mass is 19.4. The molecule has 0 heterocycles. The minimum absolute atomic E-state index is 0.120. The van der Waals surface area contributed by atoms with Crippen LogP contribution in [0.1, 0.15) is 35.7 Å². The third-order valence-electron chi connectivity index (χ3n) is 3.94. The molecule has 0 unspecified atom stereocenters. The van der Waals surface area contributed by atoms with Crippen LogP contribution < -0.4 is 15.8 Å². The molecule has 0 saturated carbocycles. The number of benzene rings is 2. The van der Waals surface area contributed by atoms with Crippen molar-refractivity contribution in [1.82, 2.24) is 0 Å². The molecule has 9 heteroatoms. The van der Waals surface area contributed by atoms with E-state index in [-0.39, 0.29) is 18.0 Å². The Morgan fingerprint density at radius 1 is 1.21 bits per heavy atom. The highest BCUT2D eigenvalue weighted by molar-refractivity contribution is 5.93. The standard InChI is InChI=1S/C19H19F5N2O2/c1-2-4-13(26-12-6-3-5-11(9-12)19(22,23)24)10-28-15-8-7-14(20)16(17(15)21)18(25)27/h3,5-9,13,26H,2,4,10H2,1H3,(H2,25,27)/t13-/m0/s1. The maximum Gasteiger partial charge on any atom is 0.416 e. The van der Waals surface area contributed by atoms with Gasteiger partial charge in [0.05, 0.1) is 11.6 Å². The molecular formula is C19H19F5N2O2. The fraction of sp³-hybridized carbons (Fsp3) is 0.316. The zero-order chi connectivity index (χ0) is 20.9. The normalized spacial score (nSPS) is 12.5. The van der Waals surface area contributed by atoms with Gasteiger partial charge in [-0.25, -0.2) is 8.78 Å². The highest BCUT2D eigenvalue weighted by Crippen LogP contribution is 2.31. The van der Waals surface area contributed by atoms with Gasteiger partial charge in [0.1, 0.15) is 18.0 Å². The van der Waals surface area contributed by atoms with Crippen molar-refractivity contribution in [2.24, 2.45) is 5.73 Å². The number of amides is 1. The number of hydrogen-bond acceptors (Lipinski definition) is 3. The SMILES string of the molecule is CCC[C@@H](COc1ccc(F)c(C(N)=O)c1F)Nc1cccc(C(F)(F)F)c1. The number of halogens is 5. The number of rotatable bonds is 8. The number of nitrogens with two attached hydrogens (primary N) is 1. The third kappa shape index (κ3) is 5.34. The Morgan fingerprint density at radius 3 is 2.54 bits per heavy atom. The van der Waals surface area contributed by atoms with Crippen molar-refractivity contribution in [3.63, 3.8) is 0 Å². The molecule has 2 rings (SSSR count). The lowest BCUT2D eigenvalue weighted by molar-refractivity contribution is -0.137. The molecular weight excluding hydrogens is 383 g/mol. The summed E-state index contributed by atoms with van der Waals surface area (Å²) in [5.74, 6) is -3.97. The third-order valence-corrected chi connectivity index (χ3v) is 3.94. The molecule has 4 nitrogen and oxygen atoms in total. The van der Waals surface area contributed by atoms with Crippen molar-refractivity contribution in [3.8, 4) is 5.75 Å². The van der Waals surface area contributed by atoms with Gasteiger partial charge in [-0.2, -0.15) is 13.2 Å². The van der Waals surface area contributed by atoms with Crippen LogP contribution >= 0.6 is 0 Å². The van der Waals surface area contributed by atoms with Gasteiger partial charge >= 0.3 is 6.18 Å². The molecule has 3 N–H and O–H groups in total. The fourth-order valence-corrected chi connectivity index (χ4v) is 2.63. The number of ether oxygens (including phenoxy) is 1. The molecule has 152 valence electrons. The lowest BCUT2D eigenvalue weighted by Crippen LogP contribution is -2.27. The van der Waals surface area contributed by atoms with Crippen molar-refractivity contribution < 1.29 is 31.5 Å². The quantitative estimate of drug-likeness (QED) is 0.627. The minimum Gasteiger partial charge on any atom is -0.488 e. The molecule has 0 radical (unpaired) electrons. The average molecular weight is 402 g/mol. The van der Waals surface area contributed by atoms with Crippen LogP contribution in [0.2, 0.25) is 0 Å². The first kappa shape index (κ1) is 21.5. The average Bonchev–Trinajstić information content (AvgIpc) is 2.60. The molecule has 0 saturated heterocycles.